The zero-order chi connectivity index (χ0) is 12.8. The summed E-state index contributed by atoms with van der Waals surface area (Å²) >= 11 is 0. The van der Waals surface area contributed by atoms with Crippen LogP contribution in [0.15, 0.2) is 0 Å². The maximum absolute atomic E-state index is 5.98. The van der Waals surface area contributed by atoms with Crippen LogP contribution in [0.3, 0.4) is 0 Å². The second kappa shape index (κ2) is 6.52. The van der Waals surface area contributed by atoms with Crippen LogP contribution < -0.4 is 11.1 Å². The molecular formula is C13H26N4. The maximum atomic E-state index is 5.98. The van der Waals surface area contributed by atoms with E-state index in [-0.39, 0.29) is 0 Å². The zero-order valence-electron chi connectivity index (χ0n) is 11.6. The van der Waals surface area contributed by atoms with Gasteiger partial charge in [-0.25, -0.2) is 0 Å². The predicted octanol–water partition coefficient (Wildman–Crippen LogP) is 3.08. The molecule has 0 saturated heterocycles. The van der Waals surface area contributed by atoms with Gasteiger partial charge in [0.1, 0.15) is 5.82 Å². The molecule has 0 spiro atoms. The van der Waals surface area contributed by atoms with E-state index in [0.29, 0.717) is 6.04 Å². The number of aryl methyl sites for hydroxylation is 2. The third kappa shape index (κ3) is 3.95. The van der Waals surface area contributed by atoms with E-state index in [1.807, 2.05) is 18.7 Å². The normalized spacial score (nSPS) is 12.7. The van der Waals surface area contributed by atoms with Gasteiger partial charge in [0.15, 0.2) is 0 Å². The lowest BCUT2D eigenvalue weighted by Gasteiger charge is -2.15. The summed E-state index contributed by atoms with van der Waals surface area (Å²) in [6.07, 6.45) is 6.40. The van der Waals surface area contributed by atoms with Gasteiger partial charge in [-0.05, 0) is 20.3 Å². The van der Waals surface area contributed by atoms with Crippen LogP contribution >= 0.6 is 0 Å². The van der Waals surface area contributed by atoms with E-state index in [2.05, 4.69) is 24.3 Å². The third-order valence-electron chi connectivity index (χ3n) is 3.14. The molecule has 0 aliphatic rings. The lowest BCUT2D eigenvalue weighted by Crippen LogP contribution is -2.18. The van der Waals surface area contributed by atoms with Crippen molar-refractivity contribution in [2.75, 3.05) is 11.1 Å². The van der Waals surface area contributed by atoms with E-state index >= 15 is 0 Å². The lowest BCUT2D eigenvalue weighted by molar-refractivity contribution is 0.589. The molecule has 0 aromatic carbocycles. The fraction of sp³-hybridized carbons (Fsp3) is 0.769. The smallest absolute Gasteiger partial charge is 0.147 e. The van der Waals surface area contributed by atoms with Crippen LogP contribution in [0, 0.1) is 6.92 Å². The van der Waals surface area contributed by atoms with Crippen molar-refractivity contribution in [3.8, 4) is 0 Å². The van der Waals surface area contributed by atoms with Gasteiger partial charge in [-0.2, -0.15) is 5.10 Å². The molecule has 1 rings (SSSR count). The Kier molecular flexibility index (Phi) is 5.32. The first-order valence-corrected chi connectivity index (χ1v) is 6.61. The molecule has 17 heavy (non-hydrogen) atoms. The molecule has 3 N–H and O–H groups in total. The van der Waals surface area contributed by atoms with Gasteiger partial charge in [-0.3, -0.25) is 4.68 Å². The minimum absolute atomic E-state index is 0.448. The van der Waals surface area contributed by atoms with Crippen molar-refractivity contribution in [1.82, 2.24) is 9.78 Å². The highest BCUT2D eigenvalue weighted by atomic mass is 15.3. The molecular weight excluding hydrogens is 212 g/mol. The van der Waals surface area contributed by atoms with Crippen molar-refractivity contribution < 1.29 is 0 Å². The highest BCUT2D eigenvalue weighted by Gasteiger charge is 2.11. The van der Waals surface area contributed by atoms with Crippen LogP contribution in [-0.4, -0.2) is 15.8 Å². The number of hydrogen-bond donors (Lipinski definition) is 2. The summed E-state index contributed by atoms with van der Waals surface area (Å²) in [6.45, 7) is 6.38. The van der Waals surface area contributed by atoms with E-state index in [1.165, 1.54) is 32.1 Å². The van der Waals surface area contributed by atoms with E-state index < -0.39 is 0 Å². The van der Waals surface area contributed by atoms with Gasteiger partial charge in [0, 0.05) is 13.1 Å². The Balaban J connectivity index is 2.42. The van der Waals surface area contributed by atoms with E-state index in [0.717, 1.165) is 17.2 Å². The summed E-state index contributed by atoms with van der Waals surface area (Å²) in [6, 6.07) is 0.448. The Bertz CT molecular complexity index is 343. The van der Waals surface area contributed by atoms with Gasteiger partial charge in [0.2, 0.25) is 0 Å². The highest BCUT2D eigenvalue weighted by Crippen LogP contribution is 2.22. The minimum atomic E-state index is 0.448. The van der Waals surface area contributed by atoms with Crippen molar-refractivity contribution in [2.24, 2.45) is 7.05 Å². The summed E-state index contributed by atoms with van der Waals surface area (Å²) < 4.78 is 1.83. The van der Waals surface area contributed by atoms with E-state index in [1.54, 1.807) is 0 Å². The van der Waals surface area contributed by atoms with Crippen LogP contribution in [0.2, 0.25) is 0 Å². The average molecular weight is 238 g/mol. The molecule has 0 aliphatic heterocycles. The SMILES string of the molecule is CCCCCCC(C)Nc1c(N)c(C)nn1C. The quantitative estimate of drug-likeness (QED) is 0.718. The van der Waals surface area contributed by atoms with Crippen LogP contribution in [-0.2, 0) is 7.05 Å². The maximum Gasteiger partial charge on any atom is 0.147 e. The van der Waals surface area contributed by atoms with Crippen LogP contribution in [0.5, 0.6) is 0 Å². The van der Waals surface area contributed by atoms with Crippen LogP contribution in [0.25, 0.3) is 0 Å². The monoisotopic (exact) mass is 238 g/mol. The molecule has 1 atom stereocenters. The largest absolute Gasteiger partial charge is 0.394 e. The molecule has 1 aromatic heterocycles. The van der Waals surface area contributed by atoms with Gasteiger partial charge in [-0.15, -0.1) is 0 Å². The van der Waals surface area contributed by atoms with Crippen molar-refractivity contribution in [2.45, 2.75) is 58.9 Å². The summed E-state index contributed by atoms with van der Waals surface area (Å²) in [7, 11) is 1.93. The second-order valence-corrected chi connectivity index (χ2v) is 4.87. The van der Waals surface area contributed by atoms with Gasteiger partial charge in [0.05, 0.1) is 11.4 Å². The topological polar surface area (TPSA) is 55.9 Å². The molecule has 4 nitrogen and oxygen atoms in total. The molecule has 1 heterocycles. The molecule has 0 amide bonds. The summed E-state index contributed by atoms with van der Waals surface area (Å²) in [5.74, 6) is 0.950. The number of anilines is 2. The van der Waals surface area contributed by atoms with Crippen molar-refractivity contribution in [3.05, 3.63) is 5.69 Å². The molecule has 0 fully saturated rings. The summed E-state index contributed by atoms with van der Waals surface area (Å²) in [5, 5.41) is 7.75. The van der Waals surface area contributed by atoms with E-state index in [4.69, 9.17) is 5.73 Å². The first kappa shape index (κ1) is 13.9. The molecule has 1 aromatic rings. The van der Waals surface area contributed by atoms with Crippen LogP contribution in [0.1, 0.15) is 51.6 Å². The van der Waals surface area contributed by atoms with Crippen LogP contribution in [0.4, 0.5) is 11.5 Å². The van der Waals surface area contributed by atoms with Gasteiger partial charge >= 0.3 is 0 Å². The number of unbranched alkanes of at least 4 members (excludes halogenated alkanes) is 3. The molecule has 0 aliphatic carbocycles. The van der Waals surface area contributed by atoms with E-state index in [9.17, 15) is 0 Å². The Morgan fingerprint density at radius 1 is 1.35 bits per heavy atom. The standard InChI is InChI=1S/C13H26N4/c1-5-6-7-8-9-10(2)15-13-12(14)11(3)16-17(13)4/h10,15H,5-9,14H2,1-4H3. The fourth-order valence-corrected chi connectivity index (χ4v) is 2.03. The van der Waals surface area contributed by atoms with Crippen molar-refractivity contribution in [1.29, 1.82) is 0 Å². The van der Waals surface area contributed by atoms with Gasteiger partial charge < -0.3 is 11.1 Å². The average Bonchev–Trinajstić information content (AvgIpc) is 2.52. The second-order valence-electron chi connectivity index (χ2n) is 4.87. The number of aromatic nitrogens is 2. The van der Waals surface area contributed by atoms with Crippen molar-refractivity contribution in [3.63, 3.8) is 0 Å². The van der Waals surface area contributed by atoms with Crippen molar-refractivity contribution >= 4 is 11.5 Å². The number of nitrogens with zero attached hydrogens (tertiary/aromatic N) is 2. The van der Waals surface area contributed by atoms with Gasteiger partial charge in [-0.1, -0.05) is 32.6 Å². The molecule has 0 radical (unpaired) electrons. The Morgan fingerprint density at radius 3 is 2.59 bits per heavy atom. The first-order valence-electron chi connectivity index (χ1n) is 6.61. The lowest BCUT2D eigenvalue weighted by atomic mass is 10.1. The fourth-order valence-electron chi connectivity index (χ4n) is 2.03. The molecule has 4 heteroatoms. The Morgan fingerprint density at radius 2 is 2.06 bits per heavy atom. The number of hydrogen-bond acceptors (Lipinski definition) is 3. The number of nitrogens with one attached hydrogen (secondary N) is 1. The zero-order valence-corrected chi connectivity index (χ0v) is 11.6. The summed E-state index contributed by atoms with van der Waals surface area (Å²) in [4.78, 5) is 0. The molecule has 1 unspecified atom stereocenters. The minimum Gasteiger partial charge on any atom is -0.394 e. The number of rotatable bonds is 7. The molecule has 0 saturated carbocycles. The van der Waals surface area contributed by atoms with Gasteiger partial charge in [0.25, 0.3) is 0 Å². The Hall–Kier alpha value is -1.19. The molecule has 98 valence electrons. The number of nitrogens with two attached hydrogens (primary N) is 1. The predicted molar refractivity (Wildman–Crippen MR) is 74.2 cm³/mol. The summed E-state index contributed by atoms with van der Waals surface area (Å²) in [5.41, 5.74) is 7.65. The Labute approximate surface area is 105 Å². The number of nitrogen functional groups attached to an aromatic ring is 1. The molecule has 0 bridgehead atoms. The highest BCUT2D eigenvalue weighted by molar-refractivity contribution is 5.64. The third-order valence-corrected chi connectivity index (χ3v) is 3.14. The first-order chi connectivity index (χ1) is 8.06.